The van der Waals surface area contributed by atoms with E-state index in [-0.39, 0.29) is 5.56 Å². The lowest BCUT2D eigenvalue weighted by Crippen LogP contribution is -2.22. The molecule has 0 amide bonds. The van der Waals surface area contributed by atoms with Crippen molar-refractivity contribution in [1.29, 1.82) is 5.26 Å². The van der Waals surface area contributed by atoms with Gasteiger partial charge in [0.15, 0.2) is 5.16 Å². The number of nitrogens with zero attached hydrogens (tertiary/aromatic N) is 3. The van der Waals surface area contributed by atoms with Crippen molar-refractivity contribution >= 4 is 45.1 Å². The Bertz CT molecular complexity index is 1090. The highest BCUT2D eigenvalue weighted by Crippen LogP contribution is 2.41. The molecule has 0 bridgehead atoms. The number of thiophene rings is 1. The predicted octanol–water partition coefficient (Wildman–Crippen LogP) is 5.19. The van der Waals surface area contributed by atoms with Crippen LogP contribution in [0.3, 0.4) is 0 Å². The molecule has 1 aliphatic heterocycles. The molecule has 1 aliphatic rings. The summed E-state index contributed by atoms with van der Waals surface area (Å²) < 4.78 is 3.02. The van der Waals surface area contributed by atoms with Gasteiger partial charge >= 0.3 is 0 Å². The Morgan fingerprint density at radius 1 is 1.41 bits per heavy atom. The number of hydrogen-bond donors (Lipinski definition) is 0. The predicted molar refractivity (Wildman–Crippen MR) is 115 cm³/mol. The van der Waals surface area contributed by atoms with Gasteiger partial charge in [-0.25, -0.2) is 4.98 Å². The third kappa shape index (κ3) is 3.66. The van der Waals surface area contributed by atoms with Crippen molar-refractivity contribution in [2.24, 2.45) is 0 Å². The molecular weight excluding hydrogens is 394 g/mol. The average Bonchev–Trinajstić information content (AvgIpc) is 3.04. The fourth-order valence-corrected chi connectivity index (χ4v) is 6.75. The second-order valence-corrected chi connectivity index (χ2v) is 9.91. The van der Waals surface area contributed by atoms with Crippen LogP contribution in [-0.4, -0.2) is 21.1 Å². The van der Waals surface area contributed by atoms with E-state index in [9.17, 15) is 4.79 Å². The molecule has 0 atom stereocenters. The van der Waals surface area contributed by atoms with Gasteiger partial charge in [0.2, 0.25) is 0 Å². The number of unbranched alkanes of at least 4 members (excludes halogenated alkanes) is 1. The van der Waals surface area contributed by atoms with E-state index in [0.29, 0.717) is 6.42 Å². The van der Waals surface area contributed by atoms with Gasteiger partial charge in [0, 0.05) is 12.2 Å². The van der Waals surface area contributed by atoms with Gasteiger partial charge in [0.1, 0.15) is 4.83 Å². The fraction of sp³-hybridized carbons (Fsp3) is 0.350. The molecule has 0 aliphatic carbocycles. The van der Waals surface area contributed by atoms with Crippen molar-refractivity contribution < 1.29 is 0 Å². The van der Waals surface area contributed by atoms with Crippen LogP contribution in [0, 0.1) is 18.3 Å². The molecule has 27 heavy (non-hydrogen) atoms. The van der Waals surface area contributed by atoms with Gasteiger partial charge in [0.25, 0.3) is 5.56 Å². The fourth-order valence-electron chi connectivity index (χ4n) is 3.23. The molecule has 3 heterocycles. The van der Waals surface area contributed by atoms with E-state index in [1.165, 1.54) is 9.77 Å². The first-order valence-electron chi connectivity index (χ1n) is 8.97. The number of thioether (sulfide) groups is 2. The lowest BCUT2D eigenvalue weighted by molar-refractivity contribution is 0.815. The first-order valence-corrected chi connectivity index (χ1v) is 11.8. The summed E-state index contributed by atoms with van der Waals surface area (Å²) in [6.07, 6.45) is 3.38. The SMILES string of the molecule is Cc1cccc(-n2c(SCCCC#N)nc3sc4c(c3c2=O)CCCS4)c1. The van der Waals surface area contributed by atoms with Crippen LogP contribution >= 0.6 is 34.9 Å². The average molecular weight is 414 g/mol. The largest absolute Gasteiger partial charge is 0.268 e. The van der Waals surface area contributed by atoms with Crippen LogP contribution in [0.1, 0.15) is 30.4 Å². The molecule has 3 aromatic rings. The number of aryl methyl sites for hydroxylation is 2. The zero-order valence-electron chi connectivity index (χ0n) is 15.0. The maximum Gasteiger partial charge on any atom is 0.267 e. The molecule has 4 rings (SSSR count). The summed E-state index contributed by atoms with van der Waals surface area (Å²) in [5.41, 5.74) is 3.20. The lowest BCUT2D eigenvalue weighted by atomic mass is 10.1. The molecule has 2 aromatic heterocycles. The molecule has 0 saturated heterocycles. The highest BCUT2D eigenvalue weighted by Gasteiger charge is 2.23. The molecular formula is C20H19N3OS3. The number of nitriles is 1. The number of fused-ring (bicyclic) bond motifs is 3. The molecule has 0 fully saturated rings. The van der Waals surface area contributed by atoms with E-state index >= 15 is 0 Å². The Kier molecular flexibility index (Phi) is 5.58. The van der Waals surface area contributed by atoms with Crippen LogP contribution in [-0.2, 0) is 6.42 Å². The van der Waals surface area contributed by atoms with Crippen molar-refractivity contribution in [3.8, 4) is 11.8 Å². The minimum Gasteiger partial charge on any atom is -0.268 e. The normalized spacial score (nSPS) is 13.5. The van der Waals surface area contributed by atoms with E-state index in [1.807, 2.05) is 43.0 Å². The van der Waals surface area contributed by atoms with E-state index in [4.69, 9.17) is 10.2 Å². The van der Waals surface area contributed by atoms with E-state index in [1.54, 1.807) is 27.7 Å². The van der Waals surface area contributed by atoms with Crippen molar-refractivity contribution in [2.45, 2.75) is 42.0 Å². The Balaban J connectivity index is 1.89. The molecule has 0 radical (unpaired) electrons. The molecule has 138 valence electrons. The lowest BCUT2D eigenvalue weighted by Gasteiger charge is -2.13. The first kappa shape index (κ1) is 18.6. The summed E-state index contributed by atoms with van der Waals surface area (Å²) >= 11 is 5.06. The van der Waals surface area contributed by atoms with Gasteiger partial charge in [-0.3, -0.25) is 9.36 Å². The number of rotatable bonds is 5. The van der Waals surface area contributed by atoms with Gasteiger partial charge in [-0.1, -0.05) is 23.9 Å². The van der Waals surface area contributed by atoms with Crippen LogP contribution in [0.4, 0.5) is 0 Å². The minimum atomic E-state index is 0.0355. The van der Waals surface area contributed by atoms with Crippen LogP contribution in [0.25, 0.3) is 15.9 Å². The van der Waals surface area contributed by atoms with Gasteiger partial charge in [0.05, 0.1) is 21.4 Å². The summed E-state index contributed by atoms with van der Waals surface area (Å²) in [5.74, 6) is 1.89. The van der Waals surface area contributed by atoms with E-state index in [0.717, 1.165) is 57.4 Å². The van der Waals surface area contributed by atoms with E-state index < -0.39 is 0 Å². The van der Waals surface area contributed by atoms with Crippen molar-refractivity contribution in [2.75, 3.05) is 11.5 Å². The Morgan fingerprint density at radius 3 is 3.11 bits per heavy atom. The van der Waals surface area contributed by atoms with Gasteiger partial charge in [-0.2, -0.15) is 5.26 Å². The zero-order valence-corrected chi connectivity index (χ0v) is 17.5. The summed E-state index contributed by atoms with van der Waals surface area (Å²) in [5, 5.41) is 10.3. The van der Waals surface area contributed by atoms with Crippen LogP contribution in [0.2, 0.25) is 0 Å². The van der Waals surface area contributed by atoms with Gasteiger partial charge in [-0.05, 0) is 55.2 Å². The Labute approximate surface area is 170 Å². The molecule has 7 heteroatoms. The number of aromatic nitrogens is 2. The second-order valence-electron chi connectivity index (χ2n) is 6.48. The maximum atomic E-state index is 13.5. The quantitative estimate of drug-likeness (QED) is 0.327. The standard InChI is InChI=1S/C20H19N3OS3/c1-13-6-4-7-14(12-13)23-18(24)16-15-8-5-11-25-19(15)27-17(16)22-20(23)26-10-3-2-9-21/h4,6-7,12H,2-3,5,8,10-11H2,1H3. The Morgan fingerprint density at radius 2 is 2.30 bits per heavy atom. The summed E-state index contributed by atoms with van der Waals surface area (Å²) in [6.45, 7) is 2.03. The first-order chi connectivity index (χ1) is 13.2. The third-order valence-corrected chi connectivity index (χ3v) is 8.04. The van der Waals surface area contributed by atoms with Gasteiger partial charge < -0.3 is 0 Å². The highest BCUT2D eigenvalue weighted by atomic mass is 32.2. The van der Waals surface area contributed by atoms with Crippen LogP contribution in [0.15, 0.2) is 38.4 Å². The van der Waals surface area contributed by atoms with Crippen LogP contribution < -0.4 is 5.56 Å². The molecule has 1 aromatic carbocycles. The van der Waals surface area contributed by atoms with Crippen LogP contribution in [0.5, 0.6) is 0 Å². The smallest absolute Gasteiger partial charge is 0.267 e. The highest BCUT2D eigenvalue weighted by molar-refractivity contribution is 8.01. The van der Waals surface area contributed by atoms with Crippen molar-refractivity contribution in [3.05, 3.63) is 45.7 Å². The van der Waals surface area contributed by atoms with E-state index in [2.05, 4.69) is 6.07 Å². The summed E-state index contributed by atoms with van der Waals surface area (Å²) in [4.78, 5) is 19.3. The monoisotopic (exact) mass is 413 g/mol. The summed E-state index contributed by atoms with van der Waals surface area (Å²) in [7, 11) is 0. The molecule has 4 nitrogen and oxygen atoms in total. The summed E-state index contributed by atoms with van der Waals surface area (Å²) in [6, 6.07) is 10.2. The van der Waals surface area contributed by atoms with Gasteiger partial charge in [-0.15, -0.1) is 23.1 Å². The second kappa shape index (κ2) is 8.09. The maximum absolute atomic E-state index is 13.5. The zero-order chi connectivity index (χ0) is 18.8. The number of benzene rings is 1. The molecule has 0 spiro atoms. The van der Waals surface area contributed by atoms with Crippen molar-refractivity contribution in [1.82, 2.24) is 9.55 Å². The Hall–Kier alpha value is -1.75. The number of hydrogen-bond acceptors (Lipinski definition) is 6. The molecule has 0 N–H and O–H groups in total. The molecule has 0 saturated carbocycles. The molecule has 0 unspecified atom stereocenters. The topological polar surface area (TPSA) is 58.7 Å². The third-order valence-electron chi connectivity index (χ3n) is 4.49. The van der Waals surface area contributed by atoms with Crippen molar-refractivity contribution in [3.63, 3.8) is 0 Å². The minimum absolute atomic E-state index is 0.0355.